The average Bonchev–Trinajstić information content (AvgIpc) is 2.37. The van der Waals surface area contributed by atoms with E-state index < -0.39 is 0 Å². The van der Waals surface area contributed by atoms with E-state index in [1.54, 1.807) is 0 Å². The molecule has 1 nitrogen and oxygen atoms in total. The first-order valence-corrected chi connectivity index (χ1v) is 7.49. The zero-order chi connectivity index (χ0) is 13.2. The number of aryl methyl sites for hydroxylation is 1. The number of hydrogen-bond donors (Lipinski definition) is 1. The molecule has 18 heavy (non-hydrogen) atoms. The summed E-state index contributed by atoms with van der Waals surface area (Å²) in [5.41, 5.74) is 1.47. The molecule has 1 N–H and O–H groups in total. The van der Waals surface area contributed by atoms with Crippen LogP contribution in [0.25, 0.3) is 0 Å². The maximum absolute atomic E-state index is 3.62. The quantitative estimate of drug-likeness (QED) is 0.681. The Balaban J connectivity index is 2.24. The summed E-state index contributed by atoms with van der Waals surface area (Å²) in [7, 11) is 0. The molecule has 1 aromatic rings. The molecule has 1 heteroatoms. The van der Waals surface area contributed by atoms with E-state index >= 15 is 0 Å². The minimum absolute atomic E-state index is 0.709. The molecule has 0 heterocycles. The van der Waals surface area contributed by atoms with E-state index in [0.717, 1.165) is 12.5 Å². The van der Waals surface area contributed by atoms with Gasteiger partial charge in [0, 0.05) is 6.04 Å². The maximum Gasteiger partial charge on any atom is 0.00671 e. The summed E-state index contributed by atoms with van der Waals surface area (Å²) < 4.78 is 0. The van der Waals surface area contributed by atoms with Crippen molar-refractivity contribution in [1.29, 1.82) is 0 Å². The van der Waals surface area contributed by atoms with Gasteiger partial charge >= 0.3 is 0 Å². The highest BCUT2D eigenvalue weighted by Gasteiger charge is 2.08. The molecule has 102 valence electrons. The third kappa shape index (κ3) is 6.80. The second-order valence-electron chi connectivity index (χ2n) is 5.60. The van der Waals surface area contributed by atoms with Crippen LogP contribution in [0.2, 0.25) is 0 Å². The topological polar surface area (TPSA) is 12.0 Å². The predicted octanol–water partition coefficient (Wildman–Crippen LogP) is 4.42. The lowest BCUT2D eigenvalue weighted by Gasteiger charge is -2.18. The summed E-state index contributed by atoms with van der Waals surface area (Å²) >= 11 is 0. The lowest BCUT2D eigenvalue weighted by Crippen LogP contribution is -2.29. The predicted molar refractivity (Wildman–Crippen MR) is 80.9 cm³/mol. The minimum Gasteiger partial charge on any atom is -0.314 e. The highest BCUT2D eigenvalue weighted by Crippen LogP contribution is 2.13. The zero-order valence-corrected chi connectivity index (χ0v) is 12.3. The van der Waals surface area contributed by atoms with Gasteiger partial charge in [-0.25, -0.2) is 0 Å². The van der Waals surface area contributed by atoms with Crippen LogP contribution in [0, 0.1) is 5.92 Å². The van der Waals surface area contributed by atoms with Crippen LogP contribution in [0.3, 0.4) is 0 Å². The van der Waals surface area contributed by atoms with E-state index in [-0.39, 0.29) is 0 Å². The molecule has 0 aliphatic carbocycles. The van der Waals surface area contributed by atoms with Gasteiger partial charge in [0.25, 0.3) is 0 Å². The van der Waals surface area contributed by atoms with Crippen LogP contribution in [-0.2, 0) is 6.42 Å². The van der Waals surface area contributed by atoms with Crippen molar-refractivity contribution in [1.82, 2.24) is 5.32 Å². The van der Waals surface area contributed by atoms with Crippen LogP contribution in [0.4, 0.5) is 0 Å². The number of nitrogens with one attached hydrogen (secondary N) is 1. The molecule has 1 unspecified atom stereocenters. The van der Waals surface area contributed by atoms with Crippen molar-refractivity contribution < 1.29 is 0 Å². The molecule has 1 rings (SSSR count). The molecule has 0 aliphatic heterocycles. The Kier molecular flexibility index (Phi) is 7.75. The van der Waals surface area contributed by atoms with Gasteiger partial charge < -0.3 is 5.32 Å². The fraction of sp³-hybridized carbons (Fsp3) is 0.647. The molecule has 0 radical (unpaired) electrons. The Bertz CT molecular complexity index is 292. The van der Waals surface area contributed by atoms with Gasteiger partial charge in [-0.05, 0) is 50.1 Å². The summed E-state index contributed by atoms with van der Waals surface area (Å²) in [6.07, 6.45) is 6.46. The molecule has 0 bridgehead atoms. The summed E-state index contributed by atoms with van der Waals surface area (Å²) in [4.78, 5) is 0. The molecule has 1 aromatic carbocycles. The van der Waals surface area contributed by atoms with Crippen molar-refractivity contribution in [2.45, 2.75) is 58.9 Å². The van der Waals surface area contributed by atoms with Crippen LogP contribution in [0.15, 0.2) is 30.3 Å². The van der Waals surface area contributed by atoms with E-state index in [0.29, 0.717) is 6.04 Å². The van der Waals surface area contributed by atoms with Gasteiger partial charge in [0.1, 0.15) is 0 Å². The standard InChI is InChI=1S/C17H29N/c1-4-18-17(14-13-15(2)3)12-8-11-16-9-6-5-7-10-16/h5-7,9-10,15,17-18H,4,8,11-14H2,1-3H3. The Morgan fingerprint density at radius 3 is 2.33 bits per heavy atom. The van der Waals surface area contributed by atoms with Gasteiger partial charge in [-0.2, -0.15) is 0 Å². The van der Waals surface area contributed by atoms with Gasteiger partial charge in [-0.3, -0.25) is 0 Å². The first kappa shape index (κ1) is 15.2. The van der Waals surface area contributed by atoms with E-state index in [4.69, 9.17) is 0 Å². The molecule has 0 saturated heterocycles. The van der Waals surface area contributed by atoms with E-state index in [9.17, 15) is 0 Å². The van der Waals surface area contributed by atoms with Crippen LogP contribution in [0.5, 0.6) is 0 Å². The average molecular weight is 247 g/mol. The Morgan fingerprint density at radius 2 is 1.72 bits per heavy atom. The number of rotatable bonds is 9. The van der Waals surface area contributed by atoms with Crippen molar-refractivity contribution in [2.24, 2.45) is 5.92 Å². The minimum atomic E-state index is 0.709. The lowest BCUT2D eigenvalue weighted by molar-refractivity contribution is 0.409. The van der Waals surface area contributed by atoms with Crippen molar-refractivity contribution in [3.63, 3.8) is 0 Å². The van der Waals surface area contributed by atoms with Crippen molar-refractivity contribution in [3.8, 4) is 0 Å². The smallest absolute Gasteiger partial charge is 0.00671 e. The highest BCUT2D eigenvalue weighted by atomic mass is 14.9. The Labute approximate surface area is 113 Å². The van der Waals surface area contributed by atoms with Crippen molar-refractivity contribution in [2.75, 3.05) is 6.54 Å². The molecular weight excluding hydrogens is 218 g/mol. The molecule has 0 amide bonds. The molecule has 1 atom stereocenters. The largest absolute Gasteiger partial charge is 0.314 e. The fourth-order valence-electron chi connectivity index (χ4n) is 2.37. The molecule has 0 saturated carbocycles. The van der Waals surface area contributed by atoms with Gasteiger partial charge in [-0.1, -0.05) is 51.1 Å². The van der Waals surface area contributed by atoms with Crippen LogP contribution in [-0.4, -0.2) is 12.6 Å². The van der Waals surface area contributed by atoms with Gasteiger partial charge in [0.15, 0.2) is 0 Å². The molecule has 0 spiro atoms. The van der Waals surface area contributed by atoms with Crippen LogP contribution < -0.4 is 5.32 Å². The third-order valence-electron chi connectivity index (χ3n) is 3.45. The van der Waals surface area contributed by atoms with Crippen molar-refractivity contribution >= 4 is 0 Å². The van der Waals surface area contributed by atoms with Crippen molar-refractivity contribution in [3.05, 3.63) is 35.9 Å². The fourth-order valence-corrected chi connectivity index (χ4v) is 2.37. The lowest BCUT2D eigenvalue weighted by atomic mass is 9.98. The summed E-state index contributed by atoms with van der Waals surface area (Å²) in [6, 6.07) is 11.5. The number of hydrogen-bond acceptors (Lipinski definition) is 1. The SMILES string of the molecule is CCNC(CCCc1ccccc1)CCC(C)C. The van der Waals surface area contributed by atoms with E-state index in [1.165, 1.54) is 37.7 Å². The maximum atomic E-state index is 3.62. The zero-order valence-electron chi connectivity index (χ0n) is 12.3. The molecule has 0 aromatic heterocycles. The van der Waals surface area contributed by atoms with Gasteiger partial charge in [0.05, 0.1) is 0 Å². The van der Waals surface area contributed by atoms with Crippen LogP contribution >= 0.6 is 0 Å². The normalized spacial score (nSPS) is 12.9. The molecule has 0 fully saturated rings. The highest BCUT2D eigenvalue weighted by molar-refractivity contribution is 5.14. The second kappa shape index (κ2) is 9.16. The summed E-state index contributed by atoms with van der Waals surface area (Å²) in [5, 5.41) is 3.62. The molecular formula is C17H29N. The second-order valence-corrected chi connectivity index (χ2v) is 5.60. The Morgan fingerprint density at radius 1 is 1.00 bits per heavy atom. The molecule has 0 aliphatic rings. The van der Waals surface area contributed by atoms with Gasteiger partial charge in [0.2, 0.25) is 0 Å². The summed E-state index contributed by atoms with van der Waals surface area (Å²) in [5.74, 6) is 0.820. The number of benzene rings is 1. The monoisotopic (exact) mass is 247 g/mol. The van der Waals surface area contributed by atoms with E-state index in [2.05, 4.69) is 56.4 Å². The van der Waals surface area contributed by atoms with E-state index in [1.807, 2.05) is 0 Å². The Hall–Kier alpha value is -0.820. The van der Waals surface area contributed by atoms with Gasteiger partial charge in [-0.15, -0.1) is 0 Å². The third-order valence-corrected chi connectivity index (χ3v) is 3.45. The summed E-state index contributed by atoms with van der Waals surface area (Å²) in [6.45, 7) is 7.92. The van der Waals surface area contributed by atoms with Crippen LogP contribution in [0.1, 0.15) is 52.0 Å². The first-order valence-electron chi connectivity index (χ1n) is 7.49. The first-order chi connectivity index (χ1) is 8.72.